The van der Waals surface area contributed by atoms with Crippen LogP contribution in [0.5, 0.6) is 5.75 Å². The minimum absolute atomic E-state index is 0.273. The van der Waals surface area contributed by atoms with Crippen molar-refractivity contribution in [2.45, 2.75) is 0 Å². The Morgan fingerprint density at radius 3 is 2.73 bits per heavy atom. The zero-order valence-electron chi connectivity index (χ0n) is 5.70. The fraction of sp³-hybridized carbons (Fsp3) is 0.143. The van der Waals surface area contributed by atoms with Gasteiger partial charge in [-0.25, -0.2) is 4.39 Å². The van der Waals surface area contributed by atoms with E-state index in [2.05, 4.69) is 15.9 Å². The van der Waals surface area contributed by atoms with Crippen LogP contribution in [-0.4, -0.2) is 7.11 Å². The van der Waals surface area contributed by atoms with Crippen molar-refractivity contribution in [3.8, 4) is 5.75 Å². The topological polar surface area (TPSA) is 9.23 Å². The molecule has 0 saturated heterocycles. The second kappa shape index (κ2) is 3.71. The molecule has 0 aliphatic heterocycles. The third-order valence-corrected chi connectivity index (χ3v) is 2.84. The van der Waals surface area contributed by atoms with E-state index < -0.39 is 0 Å². The molecule has 0 fully saturated rings. The standard InChI is InChI=1S/C7H5BrFIO/c1-11-5-3-2-4(8)6(9)7(5)10/h2-3H,1H3. The van der Waals surface area contributed by atoms with Crippen LogP contribution in [0.15, 0.2) is 16.6 Å². The third kappa shape index (κ3) is 1.84. The average molecular weight is 331 g/mol. The molecular weight excluding hydrogens is 326 g/mol. The van der Waals surface area contributed by atoms with Gasteiger partial charge in [0.25, 0.3) is 0 Å². The van der Waals surface area contributed by atoms with Gasteiger partial charge in [-0.2, -0.15) is 0 Å². The van der Waals surface area contributed by atoms with Crippen molar-refractivity contribution in [2.24, 2.45) is 0 Å². The maximum Gasteiger partial charge on any atom is 0.154 e. The highest BCUT2D eigenvalue weighted by Crippen LogP contribution is 2.28. The van der Waals surface area contributed by atoms with Gasteiger partial charge in [0.2, 0.25) is 0 Å². The van der Waals surface area contributed by atoms with Crippen molar-refractivity contribution < 1.29 is 9.13 Å². The fourth-order valence-corrected chi connectivity index (χ4v) is 2.06. The maximum atomic E-state index is 13.0. The summed E-state index contributed by atoms with van der Waals surface area (Å²) in [6.07, 6.45) is 0. The molecule has 0 saturated carbocycles. The second-order valence-electron chi connectivity index (χ2n) is 1.88. The Labute approximate surface area is 86.2 Å². The van der Waals surface area contributed by atoms with Gasteiger partial charge in [0.05, 0.1) is 15.2 Å². The Morgan fingerprint density at radius 1 is 1.55 bits per heavy atom. The summed E-state index contributed by atoms with van der Waals surface area (Å²) in [5.74, 6) is 0.288. The molecule has 11 heavy (non-hydrogen) atoms. The summed E-state index contributed by atoms with van der Waals surface area (Å²) in [6.45, 7) is 0. The Kier molecular flexibility index (Phi) is 3.12. The quantitative estimate of drug-likeness (QED) is 0.567. The summed E-state index contributed by atoms with van der Waals surface area (Å²) in [4.78, 5) is 0. The van der Waals surface area contributed by atoms with Crippen LogP contribution < -0.4 is 4.74 Å². The van der Waals surface area contributed by atoms with E-state index in [0.717, 1.165) is 0 Å². The largest absolute Gasteiger partial charge is 0.496 e. The van der Waals surface area contributed by atoms with Gasteiger partial charge in [0, 0.05) is 0 Å². The number of hydrogen-bond donors (Lipinski definition) is 0. The van der Waals surface area contributed by atoms with Crippen molar-refractivity contribution in [3.05, 3.63) is 26.0 Å². The molecule has 0 amide bonds. The van der Waals surface area contributed by atoms with Gasteiger partial charge >= 0.3 is 0 Å². The lowest BCUT2D eigenvalue weighted by Crippen LogP contribution is -1.90. The van der Waals surface area contributed by atoms with Gasteiger partial charge in [-0.05, 0) is 50.7 Å². The molecule has 0 atom stereocenters. The van der Waals surface area contributed by atoms with Crippen molar-refractivity contribution in [2.75, 3.05) is 7.11 Å². The van der Waals surface area contributed by atoms with Gasteiger partial charge in [-0.15, -0.1) is 0 Å². The maximum absolute atomic E-state index is 13.0. The lowest BCUT2D eigenvalue weighted by molar-refractivity contribution is 0.407. The van der Waals surface area contributed by atoms with E-state index in [-0.39, 0.29) is 5.82 Å². The normalized spacial score (nSPS) is 9.82. The Balaban J connectivity index is 3.25. The molecule has 0 aliphatic rings. The van der Waals surface area contributed by atoms with Crippen LogP contribution >= 0.6 is 38.5 Å². The number of hydrogen-bond acceptors (Lipinski definition) is 1. The van der Waals surface area contributed by atoms with Gasteiger partial charge in [0.1, 0.15) is 5.75 Å². The Hall–Kier alpha value is 0.160. The molecule has 0 aliphatic carbocycles. The lowest BCUT2D eigenvalue weighted by Gasteiger charge is -2.03. The minimum atomic E-state index is -0.273. The van der Waals surface area contributed by atoms with Crippen molar-refractivity contribution in [1.29, 1.82) is 0 Å². The second-order valence-corrected chi connectivity index (χ2v) is 3.81. The SMILES string of the molecule is COc1ccc(Br)c(F)c1I. The van der Waals surface area contributed by atoms with E-state index in [0.29, 0.717) is 13.8 Å². The summed E-state index contributed by atoms with van der Waals surface area (Å²) in [6, 6.07) is 3.34. The van der Waals surface area contributed by atoms with E-state index >= 15 is 0 Å². The van der Waals surface area contributed by atoms with Crippen LogP contribution in [0.1, 0.15) is 0 Å². The molecule has 0 radical (unpaired) electrons. The van der Waals surface area contributed by atoms with E-state index in [4.69, 9.17) is 4.74 Å². The highest BCUT2D eigenvalue weighted by atomic mass is 127. The van der Waals surface area contributed by atoms with Gasteiger partial charge in [-0.3, -0.25) is 0 Å². The van der Waals surface area contributed by atoms with Crippen molar-refractivity contribution >= 4 is 38.5 Å². The van der Waals surface area contributed by atoms with Gasteiger partial charge in [-0.1, -0.05) is 0 Å². The van der Waals surface area contributed by atoms with Crippen molar-refractivity contribution in [3.63, 3.8) is 0 Å². The summed E-state index contributed by atoms with van der Waals surface area (Å²) in [7, 11) is 1.52. The number of rotatable bonds is 1. The zero-order valence-corrected chi connectivity index (χ0v) is 9.44. The molecule has 1 nitrogen and oxygen atoms in total. The molecule has 0 heterocycles. The van der Waals surface area contributed by atoms with Crippen LogP contribution in [0, 0.1) is 9.39 Å². The molecule has 0 N–H and O–H groups in total. The zero-order chi connectivity index (χ0) is 8.43. The highest BCUT2D eigenvalue weighted by Gasteiger charge is 2.08. The summed E-state index contributed by atoms with van der Waals surface area (Å²) in [5, 5.41) is 0. The van der Waals surface area contributed by atoms with Gasteiger partial charge in [0.15, 0.2) is 5.82 Å². The van der Waals surface area contributed by atoms with Crippen LogP contribution in [0.2, 0.25) is 0 Å². The monoisotopic (exact) mass is 330 g/mol. The lowest BCUT2D eigenvalue weighted by atomic mass is 10.3. The van der Waals surface area contributed by atoms with E-state index in [1.807, 2.05) is 22.6 Å². The van der Waals surface area contributed by atoms with Gasteiger partial charge < -0.3 is 4.74 Å². The summed E-state index contributed by atoms with van der Waals surface area (Å²) in [5.41, 5.74) is 0. The fourth-order valence-electron chi connectivity index (χ4n) is 0.666. The molecule has 60 valence electrons. The molecule has 0 spiro atoms. The number of benzene rings is 1. The first-order valence-electron chi connectivity index (χ1n) is 2.84. The first-order valence-corrected chi connectivity index (χ1v) is 4.71. The van der Waals surface area contributed by atoms with Crippen molar-refractivity contribution in [1.82, 2.24) is 0 Å². The van der Waals surface area contributed by atoms with Crippen LogP contribution in [0.3, 0.4) is 0 Å². The Bertz CT molecular complexity index is 277. The van der Waals surface area contributed by atoms with Crippen LogP contribution in [0.4, 0.5) is 4.39 Å². The molecule has 0 bridgehead atoms. The highest BCUT2D eigenvalue weighted by molar-refractivity contribution is 14.1. The average Bonchev–Trinajstić information content (AvgIpc) is 2.01. The molecular formula is C7H5BrFIO. The Morgan fingerprint density at radius 2 is 2.18 bits per heavy atom. The van der Waals surface area contributed by atoms with Crippen LogP contribution in [0.25, 0.3) is 0 Å². The summed E-state index contributed by atoms with van der Waals surface area (Å²) >= 11 is 4.97. The first-order chi connectivity index (χ1) is 5.16. The van der Waals surface area contributed by atoms with E-state index in [9.17, 15) is 4.39 Å². The molecule has 1 rings (SSSR count). The molecule has 1 aromatic rings. The minimum Gasteiger partial charge on any atom is -0.496 e. The summed E-state index contributed by atoms with van der Waals surface area (Å²) < 4.78 is 18.9. The predicted molar refractivity (Wildman–Crippen MR) is 53.4 cm³/mol. The van der Waals surface area contributed by atoms with E-state index in [1.54, 1.807) is 12.1 Å². The molecule has 0 aromatic heterocycles. The molecule has 0 unspecified atom stereocenters. The number of halogens is 3. The number of methoxy groups -OCH3 is 1. The smallest absolute Gasteiger partial charge is 0.154 e. The van der Waals surface area contributed by atoms with E-state index in [1.165, 1.54) is 7.11 Å². The number of ether oxygens (including phenoxy) is 1. The molecule has 1 aromatic carbocycles. The van der Waals surface area contributed by atoms with Crippen LogP contribution in [-0.2, 0) is 0 Å². The first kappa shape index (κ1) is 9.25. The third-order valence-electron chi connectivity index (χ3n) is 1.22. The molecule has 4 heteroatoms. The predicted octanol–water partition coefficient (Wildman–Crippen LogP) is 3.20.